The standard InChI is InChI=1S/C22H22N4O/c1-15-7-6-8-16(2)21(15)25-22(27)18-12-26(13-18)20-11-19(23-14-24-20)17-9-4-3-5-10-17/h3-11,14,18H,12-13H2,1-2H3,(H,25,27). The van der Waals surface area contributed by atoms with Crippen LogP contribution < -0.4 is 10.2 Å². The van der Waals surface area contributed by atoms with Crippen LogP contribution in [0.25, 0.3) is 11.3 Å². The van der Waals surface area contributed by atoms with Crippen LogP contribution in [0.3, 0.4) is 0 Å². The molecular formula is C22H22N4O. The van der Waals surface area contributed by atoms with Gasteiger partial charge in [0, 0.05) is 30.4 Å². The maximum absolute atomic E-state index is 12.6. The molecule has 5 nitrogen and oxygen atoms in total. The minimum absolute atomic E-state index is 0.0286. The molecule has 1 fully saturated rings. The molecule has 1 aliphatic heterocycles. The van der Waals surface area contributed by atoms with Crippen LogP contribution in [-0.4, -0.2) is 29.0 Å². The van der Waals surface area contributed by atoms with Gasteiger partial charge in [-0.1, -0.05) is 48.5 Å². The summed E-state index contributed by atoms with van der Waals surface area (Å²) in [6.45, 7) is 5.37. The summed E-state index contributed by atoms with van der Waals surface area (Å²) in [5.74, 6) is 0.903. The highest BCUT2D eigenvalue weighted by Crippen LogP contribution is 2.27. The van der Waals surface area contributed by atoms with Crippen molar-refractivity contribution < 1.29 is 4.79 Å². The number of benzene rings is 2. The van der Waals surface area contributed by atoms with Gasteiger partial charge in [-0.15, -0.1) is 0 Å². The molecule has 0 bridgehead atoms. The van der Waals surface area contributed by atoms with E-state index in [1.165, 1.54) is 0 Å². The highest BCUT2D eigenvalue weighted by atomic mass is 16.2. The number of nitrogens with one attached hydrogen (secondary N) is 1. The first-order valence-electron chi connectivity index (χ1n) is 9.11. The van der Waals surface area contributed by atoms with Crippen molar-refractivity contribution in [3.05, 3.63) is 72.1 Å². The molecule has 1 aromatic heterocycles. The topological polar surface area (TPSA) is 58.1 Å². The van der Waals surface area contributed by atoms with Gasteiger partial charge >= 0.3 is 0 Å². The maximum Gasteiger partial charge on any atom is 0.231 e. The lowest BCUT2D eigenvalue weighted by Gasteiger charge is -2.39. The lowest BCUT2D eigenvalue weighted by molar-refractivity contribution is -0.120. The number of nitrogens with zero attached hydrogens (tertiary/aromatic N) is 3. The van der Waals surface area contributed by atoms with Gasteiger partial charge in [0.2, 0.25) is 5.91 Å². The van der Waals surface area contributed by atoms with E-state index in [0.717, 1.165) is 33.9 Å². The number of hydrogen-bond acceptors (Lipinski definition) is 4. The second-order valence-corrected chi connectivity index (χ2v) is 6.99. The third-order valence-corrected chi connectivity index (χ3v) is 5.03. The molecule has 27 heavy (non-hydrogen) atoms. The number of rotatable bonds is 4. The third kappa shape index (κ3) is 3.53. The molecule has 0 spiro atoms. The number of para-hydroxylation sites is 1. The molecule has 2 aromatic carbocycles. The summed E-state index contributed by atoms with van der Waals surface area (Å²) < 4.78 is 0. The lowest BCUT2D eigenvalue weighted by atomic mass is 9.98. The van der Waals surface area contributed by atoms with Crippen molar-refractivity contribution >= 4 is 17.4 Å². The van der Waals surface area contributed by atoms with Crippen LogP contribution in [0.1, 0.15) is 11.1 Å². The Bertz CT molecular complexity index is 945. The second-order valence-electron chi connectivity index (χ2n) is 6.99. The van der Waals surface area contributed by atoms with E-state index in [4.69, 9.17) is 0 Å². The van der Waals surface area contributed by atoms with E-state index >= 15 is 0 Å². The molecule has 0 saturated carbocycles. The first kappa shape index (κ1) is 17.2. The van der Waals surface area contributed by atoms with Crippen molar-refractivity contribution in [3.8, 4) is 11.3 Å². The van der Waals surface area contributed by atoms with Crippen LogP contribution in [-0.2, 0) is 4.79 Å². The highest BCUT2D eigenvalue weighted by molar-refractivity contribution is 5.95. The number of carbonyl (C=O) groups is 1. The van der Waals surface area contributed by atoms with Crippen molar-refractivity contribution in [2.75, 3.05) is 23.3 Å². The van der Waals surface area contributed by atoms with Gasteiger partial charge in [-0.05, 0) is 25.0 Å². The first-order chi connectivity index (χ1) is 13.1. The Morgan fingerprint density at radius 3 is 2.41 bits per heavy atom. The van der Waals surface area contributed by atoms with Crippen LogP contribution >= 0.6 is 0 Å². The quantitative estimate of drug-likeness (QED) is 0.770. The van der Waals surface area contributed by atoms with Crippen LogP contribution in [0.4, 0.5) is 11.5 Å². The molecule has 3 aromatic rings. The Hall–Kier alpha value is -3.21. The SMILES string of the molecule is Cc1cccc(C)c1NC(=O)C1CN(c2cc(-c3ccccc3)ncn2)C1. The molecule has 5 heteroatoms. The van der Waals surface area contributed by atoms with E-state index in [9.17, 15) is 4.79 Å². The van der Waals surface area contributed by atoms with Gasteiger partial charge in [0.1, 0.15) is 12.1 Å². The number of aryl methyl sites for hydroxylation is 2. The largest absolute Gasteiger partial charge is 0.355 e. The van der Waals surface area contributed by atoms with Crippen molar-refractivity contribution in [2.45, 2.75) is 13.8 Å². The van der Waals surface area contributed by atoms with Crippen molar-refractivity contribution in [2.24, 2.45) is 5.92 Å². The van der Waals surface area contributed by atoms with Crippen molar-refractivity contribution in [1.29, 1.82) is 0 Å². The number of aromatic nitrogens is 2. The van der Waals surface area contributed by atoms with E-state index in [1.54, 1.807) is 6.33 Å². The Morgan fingerprint density at radius 1 is 1.00 bits per heavy atom. The van der Waals surface area contributed by atoms with Gasteiger partial charge in [0.25, 0.3) is 0 Å². The smallest absolute Gasteiger partial charge is 0.231 e. The fourth-order valence-corrected chi connectivity index (χ4v) is 3.36. The Balaban J connectivity index is 1.42. The zero-order chi connectivity index (χ0) is 18.8. The van der Waals surface area contributed by atoms with E-state index in [1.807, 2.05) is 68.4 Å². The van der Waals surface area contributed by atoms with Crippen molar-refractivity contribution in [1.82, 2.24) is 9.97 Å². The summed E-state index contributed by atoms with van der Waals surface area (Å²) in [4.78, 5) is 23.4. The zero-order valence-corrected chi connectivity index (χ0v) is 15.5. The molecule has 0 aliphatic carbocycles. The average Bonchev–Trinajstić information content (AvgIpc) is 2.65. The summed E-state index contributed by atoms with van der Waals surface area (Å²) >= 11 is 0. The van der Waals surface area contributed by atoms with E-state index < -0.39 is 0 Å². The lowest BCUT2D eigenvalue weighted by Crippen LogP contribution is -2.52. The minimum atomic E-state index is -0.0286. The molecule has 0 radical (unpaired) electrons. The van der Waals surface area contributed by atoms with Crippen LogP contribution in [0.15, 0.2) is 60.9 Å². The van der Waals surface area contributed by atoms with Gasteiger partial charge in [-0.25, -0.2) is 9.97 Å². The third-order valence-electron chi connectivity index (χ3n) is 5.03. The molecular weight excluding hydrogens is 336 g/mol. The molecule has 1 amide bonds. The van der Waals surface area contributed by atoms with E-state index in [0.29, 0.717) is 13.1 Å². The normalized spacial score (nSPS) is 13.9. The van der Waals surface area contributed by atoms with Gasteiger partial charge in [-0.3, -0.25) is 4.79 Å². The molecule has 0 unspecified atom stereocenters. The Morgan fingerprint density at radius 2 is 1.70 bits per heavy atom. The number of amides is 1. The van der Waals surface area contributed by atoms with Crippen LogP contribution in [0.2, 0.25) is 0 Å². The number of carbonyl (C=O) groups excluding carboxylic acids is 1. The summed E-state index contributed by atoms with van der Waals surface area (Å²) in [6, 6.07) is 18.1. The van der Waals surface area contributed by atoms with Gasteiger partial charge < -0.3 is 10.2 Å². The molecule has 2 heterocycles. The number of anilines is 2. The molecule has 1 saturated heterocycles. The van der Waals surface area contributed by atoms with Gasteiger partial charge in [0.15, 0.2) is 0 Å². The van der Waals surface area contributed by atoms with Crippen molar-refractivity contribution in [3.63, 3.8) is 0 Å². The van der Waals surface area contributed by atoms with E-state index in [-0.39, 0.29) is 11.8 Å². The molecule has 136 valence electrons. The maximum atomic E-state index is 12.6. The fraction of sp³-hybridized carbons (Fsp3) is 0.227. The Labute approximate surface area is 159 Å². The second kappa shape index (κ2) is 7.19. The fourth-order valence-electron chi connectivity index (χ4n) is 3.36. The summed E-state index contributed by atoms with van der Waals surface area (Å²) in [5.41, 5.74) is 5.05. The predicted octanol–water partition coefficient (Wildman–Crippen LogP) is 3.84. The molecule has 1 aliphatic rings. The summed E-state index contributed by atoms with van der Waals surface area (Å²) in [7, 11) is 0. The zero-order valence-electron chi connectivity index (χ0n) is 15.5. The average molecular weight is 358 g/mol. The van der Waals surface area contributed by atoms with E-state index in [2.05, 4.69) is 20.2 Å². The van der Waals surface area contributed by atoms with Gasteiger partial charge in [0.05, 0.1) is 11.6 Å². The number of hydrogen-bond donors (Lipinski definition) is 1. The Kier molecular flexibility index (Phi) is 4.59. The van der Waals surface area contributed by atoms with Crippen LogP contribution in [0.5, 0.6) is 0 Å². The summed E-state index contributed by atoms with van der Waals surface area (Å²) in [5, 5.41) is 3.09. The molecule has 0 atom stereocenters. The first-order valence-corrected chi connectivity index (χ1v) is 9.11. The monoisotopic (exact) mass is 358 g/mol. The highest BCUT2D eigenvalue weighted by Gasteiger charge is 2.34. The van der Waals surface area contributed by atoms with Crippen LogP contribution in [0, 0.1) is 19.8 Å². The summed E-state index contributed by atoms with van der Waals surface area (Å²) in [6.07, 6.45) is 1.59. The van der Waals surface area contributed by atoms with Gasteiger partial charge in [-0.2, -0.15) is 0 Å². The minimum Gasteiger partial charge on any atom is -0.355 e. The molecule has 1 N–H and O–H groups in total. The molecule has 4 rings (SSSR count). The predicted molar refractivity (Wildman–Crippen MR) is 108 cm³/mol.